The van der Waals surface area contributed by atoms with E-state index >= 15 is 0 Å². The number of amides is 3. The Morgan fingerprint density at radius 2 is 2.16 bits per heavy atom. The Kier molecular flexibility index (Phi) is 4.26. The molecule has 0 aromatic heterocycles. The first-order valence-corrected chi connectivity index (χ1v) is 6.41. The van der Waals surface area contributed by atoms with E-state index < -0.39 is 6.10 Å². The summed E-state index contributed by atoms with van der Waals surface area (Å²) in [5.41, 5.74) is 0. The second-order valence-corrected chi connectivity index (χ2v) is 4.97. The van der Waals surface area contributed by atoms with Gasteiger partial charge in [-0.2, -0.15) is 0 Å². The number of rotatable bonds is 4. The molecule has 2 aliphatic rings. The van der Waals surface area contributed by atoms with Crippen LogP contribution in [0.5, 0.6) is 0 Å². The van der Waals surface area contributed by atoms with Crippen LogP contribution in [-0.4, -0.2) is 81.4 Å². The highest BCUT2D eigenvalue weighted by molar-refractivity contribution is 5.85. The Hall–Kier alpha value is -1.34. The maximum atomic E-state index is 11.9. The molecule has 0 unspecified atom stereocenters. The van der Waals surface area contributed by atoms with Gasteiger partial charge in [0.05, 0.1) is 12.6 Å². The Morgan fingerprint density at radius 3 is 2.79 bits per heavy atom. The molecule has 2 heterocycles. The van der Waals surface area contributed by atoms with E-state index in [0.717, 1.165) is 0 Å². The van der Waals surface area contributed by atoms with Crippen LogP contribution >= 0.6 is 0 Å². The lowest BCUT2D eigenvalue weighted by Crippen LogP contribution is -2.43. The summed E-state index contributed by atoms with van der Waals surface area (Å²) in [4.78, 5) is 27.3. The predicted octanol–water partition coefficient (Wildman–Crippen LogP) is -0.870. The fraction of sp³-hybridized carbons (Fsp3) is 0.833. The molecule has 0 aromatic rings. The molecule has 108 valence electrons. The largest absolute Gasteiger partial charge is 0.383 e. The SMILES string of the molecule is COCCNC(=O)N1C[C@@H]2[C@H](OC)C(=O)N(C)[C@@H]2C1. The van der Waals surface area contributed by atoms with Crippen LogP contribution in [0.3, 0.4) is 0 Å². The fourth-order valence-electron chi connectivity index (χ4n) is 2.88. The lowest BCUT2D eigenvalue weighted by atomic mass is 10.0. The summed E-state index contributed by atoms with van der Waals surface area (Å²) < 4.78 is 10.2. The predicted molar refractivity (Wildman–Crippen MR) is 67.7 cm³/mol. The molecule has 0 radical (unpaired) electrons. The summed E-state index contributed by atoms with van der Waals surface area (Å²) in [6.07, 6.45) is -0.424. The van der Waals surface area contributed by atoms with E-state index in [2.05, 4.69) is 5.32 Å². The summed E-state index contributed by atoms with van der Waals surface area (Å²) in [5, 5.41) is 2.79. The molecule has 2 fully saturated rings. The molecular weight excluding hydrogens is 250 g/mol. The van der Waals surface area contributed by atoms with E-state index in [1.54, 1.807) is 31.1 Å². The highest BCUT2D eigenvalue weighted by atomic mass is 16.5. The number of methoxy groups -OCH3 is 2. The molecule has 3 amide bonds. The summed E-state index contributed by atoms with van der Waals surface area (Å²) in [6, 6.07) is -0.0484. The molecular formula is C12H21N3O4. The number of hydrogen-bond donors (Lipinski definition) is 1. The maximum Gasteiger partial charge on any atom is 0.317 e. The van der Waals surface area contributed by atoms with Gasteiger partial charge in [0.15, 0.2) is 0 Å². The number of hydrogen-bond acceptors (Lipinski definition) is 4. The van der Waals surface area contributed by atoms with Crippen molar-refractivity contribution in [2.45, 2.75) is 12.1 Å². The van der Waals surface area contributed by atoms with Crippen LogP contribution in [0.4, 0.5) is 4.79 Å². The molecule has 0 aliphatic carbocycles. The normalized spacial score (nSPS) is 29.8. The minimum Gasteiger partial charge on any atom is -0.383 e. The Bertz CT molecular complexity index is 363. The van der Waals surface area contributed by atoms with Gasteiger partial charge in [0.1, 0.15) is 6.10 Å². The monoisotopic (exact) mass is 271 g/mol. The van der Waals surface area contributed by atoms with Gasteiger partial charge in [0, 0.05) is 46.8 Å². The number of nitrogens with one attached hydrogen (secondary N) is 1. The van der Waals surface area contributed by atoms with Gasteiger partial charge < -0.3 is 24.6 Å². The van der Waals surface area contributed by atoms with Gasteiger partial charge in [0.25, 0.3) is 5.91 Å². The molecule has 0 aromatic carbocycles. The van der Waals surface area contributed by atoms with E-state index in [4.69, 9.17) is 9.47 Å². The van der Waals surface area contributed by atoms with Gasteiger partial charge in [-0.1, -0.05) is 0 Å². The number of likely N-dealkylation sites (tertiary alicyclic amines) is 2. The second-order valence-electron chi connectivity index (χ2n) is 4.97. The molecule has 0 saturated carbocycles. The van der Waals surface area contributed by atoms with Crippen molar-refractivity contribution in [2.75, 3.05) is 47.5 Å². The molecule has 2 aliphatic heterocycles. The molecule has 1 N–H and O–H groups in total. The molecule has 7 nitrogen and oxygen atoms in total. The number of nitrogens with zero attached hydrogens (tertiary/aromatic N) is 2. The van der Waals surface area contributed by atoms with Gasteiger partial charge in [-0.25, -0.2) is 4.79 Å². The number of carbonyl (C=O) groups is 2. The zero-order chi connectivity index (χ0) is 14.0. The lowest BCUT2D eigenvalue weighted by Gasteiger charge is -2.22. The van der Waals surface area contributed by atoms with Crippen molar-refractivity contribution in [3.8, 4) is 0 Å². The van der Waals surface area contributed by atoms with Crippen LogP contribution in [0.25, 0.3) is 0 Å². The van der Waals surface area contributed by atoms with Crippen molar-refractivity contribution in [3.63, 3.8) is 0 Å². The third kappa shape index (κ3) is 2.52. The zero-order valence-corrected chi connectivity index (χ0v) is 11.6. The number of urea groups is 1. The molecule has 0 bridgehead atoms. The first-order chi connectivity index (χ1) is 9.10. The molecule has 7 heteroatoms. The van der Waals surface area contributed by atoms with Gasteiger partial charge in [-0.15, -0.1) is 0 Å². The highest BCUT2D eigenvalue weighted by Gasteiger charge is 2.52. The highest BCUT2D eigenvalue weighted by Crippen LogP contribution is 2.33. The number of fused-ring (bicyclic) bond motifs is 1. The van der Waals surface area contributed by atoms with Crippen molar-refractivity contribution < 1.29 is 19.1 Å². The molecule has 2 rings (SSSR count). The van der Waals surface area contributed by atoms with E-state index in [0.29, 0.717) is 26.2 Å². The van der Waals surface area contributed by atoms with Gasteiger partial charge in [0.2, 0.25) is 0 Å². The molecule has 0 spiro atoms. The van der Waals surface area contributed by atoms with Gasteiger partial charge in [-0.05, 0) is 0 Å². The van der Waals surface area contributed by atoms with Crippen LogP contribution < -0.4 is 5.32 Å². The summed E-state index contributed by atoms with van der Waals surface area (Å²) in [5.74, 6) is 0.0765. The van der Waals surface area contributed by atoms with Crippen LogP contribution in [-0.2, 0) is 14.3 Å². The fourth-order valence-corrected chi connectivity index (χ4v) is 2.88. The van der Waals surface area contributed by atoms with Gasteiger partial charge in [-0.3, -0.25) is 4.79 Å². The van der Waals surface area contributed by atoms with Crippen molar-refractivity contribution in [3.05, 3.63) is 0 Å². The van der Waals surface area contributed by atoms with E-state index in [-0.39, 0.29) is 23.9 Å². The molecule has 19 heavy (non-hydrogen) atoms. The summed E-state index contributed by atoms with van der Waals surface area (Å²) >= 11 is 0. The number of likely N-dealkylation sites (N-methyl/N-ethyl adjacent to an activating group) is 1. The van der Waals surface area contributed by atoms with Crippen LogP contribution in [0.2, 0.25) is 0 Å². The van der Waals surface area contributed by atoms with E-state index in [1.807, 2.05) is 0 Å². The zero-order valence-electron chi connectivity index (χ0n) is 11.6. The Labute approximate surface area is 112 Å². The Balaban J connectivity index is 1.93. The minimum absolute atomic E-state index is 0.0111. The average Bonchev–Trinajstić information content (AvgIpc) is 2.91. The minimum atomic E-state index is -0.424. The van der Waals surface area contributed by atoms with Crippen molar-refractivity contribution in [1.82, 2.24) is 15.1 Å². The summed E-state index contributed by atoms with van der Waals surface area (Å²) in [6.45, 7) is 2.10. The second kappa shape index (κ2) is 5.75. The topological polar surface area (TPSA) is 71.1 Å². The third-order valence-electron chi connectivity index (χ3n) is 3.93. The van der Waals surface area contributed by atoms with Gasteiger partial charge >= 0.3 is 6.03 Å². The number of carbonyl (C=O) groups excluding carboxylic acids is 2. The van der Waals surface area contributed by atoms with Crippen LogP contribution in [0, 0.1) is 5.92 Å². The first kappa shape index (κ1) is 14.1. The maximum absolute atomic E-state index is 11.9. The van der Waals surface area contributed by atoms with E-state index in [9.17, 15) is 9.59 Å². The van der Waals surface area contributed by atoms with Crippen molar-refractivity contribution in [1.29, 1.82) is 0 Å². The average molecular weight is 271 g/mol. The quantitative estimate of drug-likeness (QED) is 0.675. The molecule has 3 atom stereocenters. The lowest BCUT2D eigenvalue weighted by molar-refractivity contribution is -0.136. The summed E-state index contributed by atoms with van der Waals surface area (Å²) in [7, 11) is 4.90. The number of ether oxygens (including phenoxy) is 2. The Morgan fingerprint density at radius 1 is 1.42 bits per heavy atom. The van der Waals surface area contributed by atoms with Crippen LogP contribution in [0.15, 0.2) is 0 Å². The first-order valence-electron chi connectivity index (χ1n) is 6.41. The van der Waals surface area contributed by atoms with Crippen LogP contribution in [0.1, 0.15) is 0 Å². The third-order valence-corrected chi connectivity index (χ3v) is 3.93. The smallest absolute Gasteiger partial charge is 0.317 e. The standard InChI is InChI=1S/C12H21N3O4/c1-14-9-7-15(12(17)13-4-5-18-2)6-8(9)10(19-3)11(14)16/h8-10H,4-7H2,1-3H3,(H,13,17)/t8-,9+,10-/m0/s1. The van der Waals surface area contributed by atoms with Crippen molar-refractivity contribution >= 4 is 11.9 Å². The van der Waals surface area contributed by atoms with E-state index in [1.165, 1.54) is 0 Å². The molecule has 2 saturated heterocycles. The van der Waals surface area contributed by atoms with Crippen molar-refractivity contribution in [2.24, 2.45) is 5.92 Å².